The van der Waals surface area contributed by atoms with Crippen LogP contribution in [0.15, 0.2) is 5.38 Å². The molecule has 1 aromatic heterocycles. The number of carbonyl (C=O) groups is 1. The van der Waals surface area contributed by atoms with Crippen molar-refractivity contribution in [3.8, 4) is 0 Å². The van der Waals surface area contributed by atoms with Gasteiger partial charge in [0.05, 0.1) is 10.7 Å². The first-order valence-electron chi connectivity index (χ1n) is 4.41. The normalized spacial score (nSPS) is 14.1. The minimum absolute atomic E-state index is 0. The number of nitrogens with zero attached hydrogens (tertiary/aromatic N) is 1. The van der Waals surface area contributed by atoms with Gasteiger partial charge in [0.25, 0.3) is 0 Å². The third-order valence-corrected chi connectivity index (χ3v) is 2.74. The summed E-state index contributed by atoms with van der Waals surface area (Å²) in [6.07, 6.45) is 0. The molecule has 0 aliphatic rings. The molecule has 2 unspecified atom stereocenters. The van der Waals surface area contributed by atoms with E-state index in [0.29, 0.717) is 0 Å². The topological polar surface area (TPSA) is 62.2 Å². The van der Waals surface area contributed by atoms with Gasteiger partial charge in [0.1, 0.15) is 6.04 Å². The Kier molecular flexibility index (Phi) is 5.79. The van der Waals surface area contributed by atoms with Gasteiger partial charge in [-0.3, -0.25) is 10.1 Å². The number of hydrogen-bond acceptors (Lipinski definition) is 4. The summed E-state index contributed by atoms with van der Waals surface area (Å²) in [7, 11) is 0. The maximum atomic E-state index is 10.6. The van der Waals surface area contributed by atoms with Crippen LogP contribution in [0.2, 0.25) is 0 Å². The first kappa shape index (κ1) is 14.3. The van der Waals surface area contributed by atoms with Gasteiger partial charge < -0.3 is 5.11 Å². The number of thiazole rings is 1. The van der Waals surface area contributed by atoms with E-state index >= 15 is 0 Å². The Balaban J connectivity index is 0.00000196. The summed E-state index contributed by atoms with van der Waals surface area (Å²) in [5.74, 6) is -0.844. The number of nitrogens with one attached hydrogen (secondary N) is 1. The van der Waals surface area contributed by atoms with Gasteiger partial charge in [0, 0.05) is 11.4 Å². The summed E-state index contributed by atoms with van der Waals surface area (Å²) < 4.78 is 0. The number of halogens is 1. The molecule has 0 aliphatic heterocycles. The zero-order valence-corrected chi connectivity index (χ0v) is 10.5. The van der Waals surface area contributed by atoms with Crippen LogP contribution in [0.5, 0.6) is 0 Å². The fraction of sp³-hybridized carbons (Fsp3) is 0.556. The molecule has 1 aromatic rings. The van der Waals surface area contributed by atoms with E-state index in [4.69, 9.17) is 5.11 Å². The van der Waals surface area contributed by atoms with Gasteiger partial charge in [0.15, 0.2) is 0 Å². The van der Waals surface area contributed by atoms with Crippen molar-refractivity contribution in [1.29, 1.82) is 0 Å². The monoisotopic (exact) mass is 250 g/mol. The molecule has 86 valence electrons. The van der Waals surface area contributed by atoms with Crippen LogP contribution in [0, 0.1) is 6.92 Å². The summed E-state index contributed by atoms with van der Waals surface area (Å²) in [5.41, 5.74) is 0.903. The highest BCUT2D eigenvalue weighted by Gasteiger charge is 2.16. The molecule has 0 bridgehead atoms. The summed E-state index contributed by atoms with van der Waals surface area (Å²) in [4.78, 5) is 14.9. The van der Waals surface area contributed by atoms with Crippen LogP contribution >= 0.6 is 23.7 Å². The number of aromatic nitrogens is 1. The first-order chi connectivity index (χ1) is 6.50. The molecule has 0 saturated carbocycles. The molecular formula is C9H15ClN2O2S. The van der Waals surface area contributed by atoms with Crippen molar-refractivity contribution in [2.45, 2.75) is 32.9 Å². The number of aryl methyl sites for hydroxylation is 1. The Labute approximate surface area is 99.1 Å². The van der Waals surface area contributed by atoms with Crippen molar-refractivity contribution in [2.75, 3.05) is 0 Å². The van der Waals surface area contributed by atoms with Gasteiger partial charge >= 0.3 is 5.97 Å². The van der Waals surface area contributed by atoms with Crippen LogP contribution in [0.1, 0.15) is 30.6 Å². The van der Waals surface area contributed by atoms with Crippen molar-refractivity contribution in [2.24, 2.45) is 0 Å². The summed E-state index contributed by atoms with van der Waals surface area (Å²) in [5, 5.41) is 14.6. The van der Waals surface area contributed by atoms with E-state index in [-0.39, 0.29) is 18.4 Å². The van der Waals surface area contributed by atoms with E-state index in [1.54, 1.807) is 18.3 Å². The summed E-state index contributed by atoms with van der Waals surface area (Å²) >= 11 is 1.57. The number of hydrogen-bond donors (Lipinski definition) is 2. The Morgan fingerprint density at radius 2 is 2.20 bits per heavy atom. The molecule has 4 nitrogen and oxygen atoms in total. The SMILES string of the molecule is Cc1nc(C(C)NC(C)C(=O)O)cs1.Cl. The van der Waals surface area contributed by atoms with E-state index in [2.05, 4.69) is 10.3 Å². The van der Waals surface area contributed by atoms with E-state index < -0.39 is 12.0 Å². The van der Waals surface area contributed by atoms with Gasteiger partial charge in [-0.1, -0.05) is 0 Å². The zero-order valence-electron chi connectivity index (χ0n) is 8.85. The number of carboxylic acids is 1. The van der Waals surface area contributed by atoms with Gasteiger partial charge in [-0.25, -0.2) is 4.98 Å². The first-order valence-corrected chi connectivity index (χ1v) is 5.29. The van der Waals surface area contributed by atoms with Crippen molar-refractivity contribution in [3.05, 3.63) is 16.1 Å². The highest BCUT2D eigenvalue weighted by atomic mass is 35.5. The quantitative estimate of drug-likeness (QED) is 0.858. The van der Waals surface area contributed by atoms with Gasteiger partial charge in [0.2, 0.25) is 0 Å². The largest absolute Gasteiger partial charge is 0.480 e. The van der Waals surface area contributed by atoms with Crippen molar-refractivity contribution >= 4 is 29.7 Å². The van der Waals surface area contributed by atoms with E-state index in [9.17, 15) is 4.79 Å². The molecule has 0 saturated heterocycles. The fourth-order valence-electron chi connectivity index (χ4n) is 1.11. The highest BCUT2D eigenvalue weighted by Crippen LogP contribution is 2.15. The van der Waals surface area contributed by atoms with Crippen LogP contribution < -0.4 is 5.32 Å². The van der Waals surface area contributed by atoms with Crippen LogP contribution in [-0.4, -0.2) is 22.1 Å². The number of aliphatic carboxylic acids is 1. The number of carboxylic acid groups (broad SMARTS) is 1. The molecular weight excluding hydrogens is 236 g/mol. The smallest absolute Gasteiger partial charge is 0.320 e. The second kappa shape index (κ2) is 6.05. The van der Waals surface area contributed by atoms with Gasteiger partial charge in [-0.05, 0) is 20.8 Å². The highest BCUT2D eigenvalue weighted by molar-refractivity contribution is 7.09. The Morgan fingerprint density at radius 3 is 2.60 bits per heavy atom. The second-order valence-corrected chi connectivity index (χ2v) is 4.30. The average Bonchev–Trinajstić information content (AvgIpc) is 2.51. The molecule has 0 aromatic carbocycles. The van der Waals surface area contributed by atoms with Crippen LogP contribution in [0.25, 0.3) is 0 Å². The molecule has 15 heavy (non-hydrogen) atoms. The van der Waals surface area contributed by atoms with Crippen LogP contribution in [0.3, 0.4) is 0 Å². The molecule has 6 heteroatoms. The minimum atomic E-state index is -0.844. The Hall–Kier alpha value is -0.650. The lowest BCUT2D eigenvalue weighted by atomic mass is 10.2. The third kappa shape index (κ3) is 4.15. The summed E-state index contributed by atoms with van der Waals surface area (Å²) in [6, 6.07) is -0.571. The minimum Gasteiger partial charge on any atom is -0.480 e. The third-order valence-electron chi connectivity index (χ3n) is 1.95. The molecule has 0 amide bonds. The molecule has 2 atom stereocenters. The van der Waals surface area contributed by atoms with E-state index in [0.717, 1.165) is 10.7 Å². The number of rotatable bonds is 4. The van der Waals surface area contributed by atoms with Gasteiger partial charge in [-0.15, -0.1) is 23.7 Å². The maximum Gasteiger partial charge on any atom is 0.320 e. The Bertz CT molecular complexity index is 330. The molecule has 0 radical (unpaired) electrons. The predicted octanol–water partition coefficient (Wildman–Crippen LogP) is 2.00. The van der Waals surface area contributed by atoms with Gasteiger partial charge in [-0.2, -0.15) is 0 Å². The average molecular weight is 251 g/mol. The standard InChI is InChI=1S/C9H14N2O2S.ClH/c1-5(10-6(2)9(12)13)8-4-14-7(3)11-8;/h4-6,10H,1-3H3,(H,12,13);1H. The van der Waals surface area contributed by atoms with E-state index in [1.165, 1.54) is 0 Å². The van der Waals surface area contributed by atoms with Crippen LogP contribution in [-0.2, 0) is 4.79 Å². The lowest BCUT2D eigenvalue weighted by molar-refractivity contribution is -0.139. The van der Waals surface area contributed by atoms with Crippen molar-refractivity contribution in [3.63, 3.8) is 0 Å². The molecule has 0 spiro atoms. The lowest BCUT2D eigenvalue weighted by Gasteiger charge is -2.14. The molecule has 1 rings (SSSR count). The predicted molar refractivity (Wildman–Crippen MR) is 62.7 cm³/mol. The lowest BCUT2D eigenvalue weighted by Crippen LogP contribution is -2.35. The Morgan fingerprint density at radius 1 is 1.60 bits per heavy atom. The second-order valence-electron chi connectivity index (χ2n) is 3.24. The van der Waals surface area contributed by atoms with Crippen LogP contribution in [0.4, 0.5) is 0 Å². The molecule has 1 heterocycles. The molecule has 0 aliphatic carbocycles. The zero-order chi connectivity index (χ0) is 10.7. The fourth-order valence-corrected chi connectivity index (χ4v) is 1.82. The molecule has 2 N–H and O–H groups in total. The molecule has 0 fully saturated rings. The summed E-state index contributed by atoms with van der Waals surface area (Å²) in [6.45, 7) is 5.47. The maximum absolute atomic E-state index is 10.6. The van der Waals surface area contributed by atoms with Crippen molar-refractivity contribution < 1.29 is 9.90 Å². The van der Waals surface area contributed by atoms with Crippen molar-refractivity contribution in [1.82, 2.24) is 10.3 Å². The van der Waals surface area contributed by atoms with E-state index in [1.807, 2.05) is 19.2 Å².